The highest BCUT2D eigenvalue weighted by Gasteiger charge is 2.20. The molecular weight excluding hydrogens is 194 g/mol. The summed E-state index contributed by atoms with van der Waals surface area (Å²) in [5, 5.41) is 0. The summed E-state index contributed by atoms with van der Waals surface area (Å²) in [7, 11) is 0. The number of hydrogen-bond acceptors (Lipinski definition) is 5. The van der Waals surface area contributed by atoms with E-state index in [1.165, 1.54) is 6.33 Å². The Bertz CT molecular complexity index is 402. The normalized spacial score (nSPS) is 21.7. The number of nitrogens with one attached hydrogen (secondary N) is 1. The van der Waals surface area contributed by atoms with Gasteiger partial charge < -0.3 is 21.4 Å². The summed E-state index contributed by atoms with van der Waals surface area (Å²) in [4.78, 5) is 19.8. The Morgan fingerprint density at radius 1 is 1.60 bits per heavy atom. The number of nitrogens with two attached hydrogens (primary N) is 2. The maximum Gasteiger partial charge on any atom is 0.276 e. The number of piperidine rings is 1. The van der Waals surface area contributed by atoms with Crippen LogP contribution in [0.1, 0.15) is 12.8 Å². The van der Waals surface area contributed by atoms with Gasteiger partial charge in [-0.05, 0) is 12.8 Å². The van der Waals surface area contributed by atoms with E-state index in [0.717, 1.165) is 19.4 Å². The van der Waals surface area contributed by atoms with Crippen molar-refractivity contribution in [3.63, 3.8) is 0 Å². The molecule has 1 aromatic heterocycles. The number of nitrogen functional groups attached to an aromatic ring is 1. The van der Waals surface area contributed by atoms with E-state index < -0.39 is 0 Å². The summed E-state index contributed by atoms with van der Waals surface area (Å²) in [6.45, 7) is 1.56. The Balaban J connectivity index is 2.28. The van der Waals surface area contributed by atoms with Gasteiger partial charge in [0.1, 0.15) is 5.69 Å². The van der Waals surface area contributed by atoms with Crippen LogP contribution in [-0.4, -0.2) is 29.1 Å². The Hall–Kier alpha value is -1.56. The van der Waals surface area contributed by atoms with Crippen molar-refractivity contribution in [2.45, 2.75) is 18.9 Å². The highest BCUT2D eigenvalue weighted by molar-refractivity contribution is 5.61. The molecule has 15 heavy (non-hydrogen) atoms. The molecule has 6 nitrogen and oxygen atoms in total. The van der Waals surface area contributed by atoms with E-state index >= 15 is 0 Å². The summed E-state index contributed by atoms with van der Waals surface area (Å²) in [6, 6.07) is 0.138. The van der Waals surface area contributed by atoms with Crippen molar-refractivity contribution in [3.05, 3.63) is 16.7 Å². The molecule has 0 radical (unpaired) electrons. The van der Waals surface area contributed by atoms with Gasteiger partial charge in [-0.1, -0.05) is 0 Å². The summed E-state index contributed by atoms with van der Waals surface area (Å²) >= 11 is 0. The topological polar surface area (TPSA) is 101 Å². The first-order valence-electron chi connectivity index (χ1n) is 5.02. The second-order valence-corrected chi connectivity index (χ2v) is 3.82. The highest BCUT2D eigenvalue weighted by atomic mass is 16.1. The van der Waals surface area contributed by atoms with Gasteiger partial charge >= 0.3 is 0 Å². The molecule has 1 aliphatic heterocycles. The molecular formula is C9H15N5O. The minimum absolute atomic E-state index is 0.138. The van der Waals surface area contributed by atoms with Gasteiger partial charge in [0, 0.05) is 19.1 Å². The van der Waals surface area contributed by atoms with Gasteiger partial charge in [0.25, 0.3) is 5.56 Å². The van der Waals surface area contributed by atoms with Crippen LogP contribution in [0.5, 0.6) is 0 Å². The maximum atomic E-state index is 11.3. The zero-order valence-corrected chi connectivity index (χ0v) is 8.44. The van der Waals surface area contributed by atoms with Crippen molar-refractivity contribution >= 4 is 11.5 Å². The smallest absolute Gasteiger partial charge is 0.276 e. The van der Waals surface area contributed by atoms with Gasteiger partial charge in [-0.3, -0.25) is 4.79 Å². The fourth-order valence-corrected chi connectivity index (χ4v) is 1.86. The van der Waals surface area contributed by atoms with Crippen LogP contribution in [0.2, 0.25) is 0 Å². The summed E-state index contributed by atoms with van der Waals surface area (Å²) in [5.74, 6) is 0.550. The van der Waals surface area contributed by atoms with E-state index in [-0.39, 0.29) is 17.3 Å². The van der Waals surface area contributed by atoms with Crippen molar-refractivity contribution in [2.75, 3.05) is 23.7 Å². The third kappa shape index (κ3) is 1.94. The summed E-state index contributed by atoms with van der Waals surface area (Å²) < 4.78 is 0. The standard InChI is InChI=1S/C9H15N5O/c10-6-2-1-3-14(4-6)8-7(11)9(15)13-5-12-8/h5-6H,1-4,10-11H2,(H,12,13,15)/t6-/m1/s1. The van der Waals surface area contributed by atoms with Gasteiger partial charge in [0.2, 0.25) is 0 Å². The third-order valence-corrected chi connectivity index (χ3v) is 2.63. The van der Waals surface area contributed by atoms with Crippen LogP contribution in [0.3, 0.4) is 0 Å². The number of H-pyrrole nitrogens is 1. The van der Waals surface area contributed by atoms with E-state index in [1.807, 2.05) is 4.90 Å². The monoisotopic (exact) mass is 209 g/mol. The molecule has 0 unspecified atom stereocenters. The predicted octanol–water partition coefficient (Wildman–Crippen LogP) is -0.720. The molecule has 1 saturated heterocycles. The zero-order valence-electron chi connectivity index (χ0n) is 8.44. The molecule has 0 spiro atoms. The van der Waals surface area contributed by atoms with E-state index in [0.29, 0.717) is 12.4 Å². The average Bonchev–Trinajstić information content (AvgIpc) is 2.22. The van der Waals surface area contributed by atoms with Crippen LogP contribution >= 0.6 is 0 Å². The van der Waals surface area contributed by atoms with Crippen LogP contribution < -0.4 is 21.9 Å². The predicted molar refractivity (Wildman–Crippen MR) is 58.7 cm³/mol. The van der Waals surface area contributed by atoms with Crippen molar-refractivity contribution in [1.29, 1.82) is 0 Å². The Labute approximate surface area is 87.3 Å². The minimum Gasteiger partial charge on any atom is -0.391 e. The first-order valence-corrected chi connectivity index (χ1v) is 5.02. The van der Waals surface area contributed by atoms with Gasteiger partial charge in [-0.15, -0.1) is 0 Å². The van der Waals surface area contributed by atoms with Gasteiger partial charge in [0.15, 0.2) is 5.82 Å². The fraction of sp³-hybridized carbons (Fsp3) is 0.556. The van der Waals surface area contributed by atoms with E-state index in [1.54, 1.807) is 0 Å². The number of aromatic nitrogens is 2. The van der Waals surface area contributed by atoms with Crippen LogP contribution in [0.15, 0.2) is 11.1 Å². The first-order chi connectivity index (χ1) is 7.18. The number of aromatic amines is 1. The van der Waals surface area contributed by atoms with Crippen molar-refractivity contribution in [2.24, 2.45) is 5.73 Å². The highest BCUT2D eigenvalue weighted by Crippen LogP contribution is 2.19. The molecule has 5 N–H and O–H groups in total. The molecule has 0 aromatic carbocycles. The van der Waals surface area contributed by atoms with Crippen molar-refractivity contribution in [1.82, 2.24) is 9.97 Å². The number of rotatable bonds is 1. The molecule has 1 aromatic rings. The van der Waals surface area contributed by atoms with E-state index in [9.17, 15) is 4.79 Å². The van der Waals surface area contributed by atoms with E-state index in [4.69, 9.17) is 11.5 Å². The first kappa shape index (κ1) is 9.97. The van der Waals surface area contributed by atoms with Crippen LogP contribution in [-0.2, 0) is 0 Å². The SMILES string of the molecule is Nc1c(N2CCC[C@@H](N)C2)nc[nH]c1=O. The van der Waals surface area contributed by atoms with E-state index in [2.05, 4.69) is 9.97 Å². The Kier molecular flexibility index (Phi) is 2.59. The van der Waals surface area contributed by atoms with Gasteiger partial charge in [-0.2, -0.15) is 0 Å². The molecule has 0 saturated carbocycles. The lowest BCUT2D eigenvalue weighted by Gasteiger charge is -2.31. The molecule has 82 valence electrons. The molecule has 2 heterocycles. The van der Waals surface area contributed by atoms with Gasteiger partial charge in [0.05, 0.1) is 6.33 Å². The molecule has 1 atom stereocenters. The third-order valence-electron chi connectivity index (χ3n) is 2.63. The zero-order chi connectivity index (χ0) is 10.8. The fourth-order valence-electron chi connectivity index (χ4n) is 1.86. The molecule has 0 amide bonds. The quantitative estimate of drug-likeness (QED) is 0.566. The molecule has 0 bridgehead atoms. The lowest BCUT2D eigenvalue weighted by Crippen LogP contribution is -2.44. The average molecular weight is 209 g/mol. The number of anilines is 2. The Morgan fingerprint density at radius 2 is 2.40 bits per heavy atom. The lowest BCUT2D eigenvalue weighted by atomic mass is 10.1. The van der Waals surface area contributed by atoms with Crippen LogP contribution in [0.4, 0.5) is 11.5 Å². The number of hydrogen-bond donors (Lipinski definition) is 3. The molecule has 1 aliphatic rings. The minimum atomic E-state index is -0.292. The molecule has 1 fully saturated rings. The van der Waals surface area contributed by atoms with Crippen molar-refractivity contribution < 1.29 is 0 Å². The van der Waals surface area contributed by atoms with Crippen molar-refractivity contribution in [3.8, 4) is 0 Å². The summed E-state index contributed by atoms with van der Waals surface area (Å²) in [6.07, 6.45) is 3.39. The Morgan fingerprint density at radius 3 is 3.13 bits per heavy atom. The van der Waals surface area contributed by atoms with Crippen LogP contribution in [0.25, 0.3) is 0 Å². The molecule has 0 aliphatic carbocycles. The molecule has 2 rings (SSSR count). The largest absolute Gasteiger partial charge is 0.391 e. The summed E-state index contributed by atoms with van der Waals surface area (Å²) in [5.41, 5.74) is 11.4. The maximum absolute atomic E-state index is 11.3. The van der Waals surface area contributed by atoms with Crippen LogP contribution in [0, 0.1) is 0 Å². The van der Waals surface area contributed by atoms with Gasteiger partial charge in [-0.25, -0.2) is 4.98 Å². The second-order valence-electron chi connectivity index (χ2n) is 3.82. The molecule has 6 heteroatoms. The lowest BCUT2D eigenvalue weighted by molar-refractivity contribution is 0.503. The number of nitrogens with zero attached hydrogens (tertiary/aromatic N) is 2. The second kappa shape index (κ2) is 3.90.